The average Bonchev–Trinajstić information content (AvgIpc) is 3.19. The van der Waals surface area contributed by atoms with Crippen molar-refractivity contribution in [2.45, 2.75) is 44.0 Å². The summed E-state index contributed by atoms with van der Waals surface area (Å²) in [6.45, 7) is 0.328. The highest BCUT2D eigenvalue weighted by molar-refractivity contribution is 6.05. The van der Waals surface area contributed by atoms with Crippen molar-refractivity contribution in [1.82, 2.24) is 10.2 Å². The van der Waals surface area contributed by atoms with Gasteiger partial charge < -0.3 is 15.4 Å². The molecule has 5 rings (SSSR count). The van der Waals surface area contributed by atoms with Gasteiger partial charge in [0.1, 0.15) is 17.9 Å². The maximum atomic E-state index is 12.8. The molecule has 0 aromatic heterocycles. The van der Waals surface area contributed by atoms with Crippen LogP contribution in [0.5, 0.6) is 5.75 Å². The fourth-order valence-corrected chi connectivity index (χ4v) is 4.50. The molecule has 2 heterocycles. The topological polar surface area (TPSA) is 102 Å². The molecule has 3 N–H and O–H groups in total. The van der Waals surface area contributed by atoms with Gasteiger partial charge in [0.25, 0.3) is 5.91 Å². The standard InChI is InChI=1S/C22H21N3O4/c23-20-15-4-2-1-3-12(15)10-18(20)29-14-5-6-16-13(9-14)11-25(22(16)28)17-7-8-19(26)24-21(17)27/h1-6,9,17-18,20H,7-8,10-11,23H2,(H,24,26,27)/t17?,18-,20-/m0/s1. The number of hydrogen-bond donors (Lipinski definition) is 2. The molecule has 2 aromatic rings. The van der Waals surface area contributed by atoms with Crippen molar-refractivity contribution in [2.24, 2.45) is 5.73 Å². The molecule has 1 saturated heterocycles. The summed E-state index contributed by atoms with van der Waals surface area (Å²) < 4.78 is 6.17. The minimum Gasteiger partial charge on any atom is -0.488 e. The van der Waals surface area contributed by atoms with Gasteiger partial charge in [0.2, 0.25) is 11.8 Å². The number of imide groups is 1. The van der Waals surface area contributed by atoms with Crippen molar-refractivity contribution >= 4 is 17.7 Å². The average molecular weight is 391 g/mol. The molecule has 2 aromatic carbocycles. The Kier molecular flexibility index (Phi) is 4.13. The van der Waals surface area contributed by atoms with Crippen LogP contribution in [0.3, 0.4) is 0 Å². The number of benzene rings is 2. The van der Waals surface area contributed by atoms with Crippen LogP contribution in [0.4, 0.5) is 0 Å². The van der Waals surface area contributed by atoms with Crippen LogP contribution in [0.2, 0.25) is 0 Å². The van der Waals surface area contributed by atoms with Crippen LogP contribution < -0.4 is 15.8 Å². The van der Waals surface area contributed by atoms with E-state index >= 15 is 0 Å². The number of carbonyl (C=O) groups is 3. The second kappa shape index (κ2) is 6.70. The van der Waals surface area contributed by atoms with E-state index in [-0.39, 0.29) is 30.4 Å². The molecule has 7 nitrogen and oxygen atoms in total. The number of nitrogens with two attached hydrogens (primary N) is 1. The molecule has 3 atom stereocenters. The van der Waals surface area contributed by atoms with Gasteiger partial charge in [-0.25, -0.2) is 0 Å². The van der Waals surface area contributed by atoms with Gasteiger partial charge in [0, 0.05) is 24.9 Å². The van der Waals surface area contributed by atoms with Gasteiger partial charge in [-0.05, 0) is 41.3 Å². The van der Waals surface area contributed by atoms with Crippen molar-refractivity contribution in [1.29, 1.82) is 0 Å². The molecule has 3 aliphatic rings. The maximum absolute atomic E-state index is 12.8. The molecule has 0 bridgehead atoms. The number of amides is 3. The van der Waals surface area contributed by atoms with E-state index in [9.17, 15) is 14.4 Å². The number of nitrogens with one attached hydrogen (secondary N) is 1. The van der Waals surface area contributed by atoms with Gasteiger partial charge in [-0.1, -0.05) is 24.3 Å². The molecule has 1 fully saturated rings. The Morgan fingerprint density at radius 2 is 1.90 bits per heavy atom. The number of hydrogen-bond acceptors (Lipinski definition) is 5. The maximum Gasteiger partial charge on any atom is 0.255 e. The molecular formula is C22H21N3O4. The van der Waals surface area contributed by atoms with E-state index in [0.29, 0.717) is 24.3 Å². The Morgan fingerprint density at radius 3 is 2.69 bits per heavy atom. The summed E-state index contributed by atoms with van der Waals surface area (Å²) in [6.07, 6.45) is 1.18. The number of carbonyl (C=O) groups excluding carboxylic acids is 3. The van der Waals surface area contributed by atoms with Gasteiger partial charge in [0.05, 0.1) is 6.04 Å². The van der Waals surface area contributed by atoms with Crippen LogP contribution in [-0.2, 0) is 22.6 Å². The van der Waals surface area contributed by atoms with Crippen LogP contribution in [0.25, 0.3) is 0 Å². The molecule has 3 amide bonds. The van der Waals surface area contributed by atoms with Crippen molar-refractivity contribution < 1.29 is 19.1 Å². The normalized spacial score (nSPS) is 25.6. The van der Waals surface area contributed by atoms with Crippen LogP contribution in [0, 0.1) is 0 Å². The highest BCUT2D eigenvalue weighted by atomic mass is 16.5. The third-order valence-corrected chi connectivity index (χ3v) is 6.02. The largest absolute Gasteiger partial charge is 0.488 e. The molecule has 0 spiro atoms. The molecular weight excluding hydrogens is 370 g/mol. The Bertz CT molecular complexity index is 1030. The lowest BCUT2D eigenvalue weighted by atomic mass is 10.0. The summed E-state index contributed by atoms with van der Waals surface area (Å²) in [4.78, 5) is 37.9. The summed E-state index contributed by atoms with van der Waals surface area (Å²) >= 11 is 0. The van der Waals surface area contributed by atoms with Crippen LogP contribution in [0.15, 0.2) is 42.5 Å². The zero-order valence-electron chi connectivity index (χ0n) is 15.8. The van der Waals surface area contributed by atoms with Crippen molar-refractivity contribution in [3.63, 3.8) is 0 Å². The molecule has 2 aliphatic heterocycles. The molecule has 29 heavy (non-hydrogen) atoms. The summed E-state index contributed by atoms with van der Waals surface area (Å²) in [5.41, 5.74) is 10.1. The SMILES string of the molecule is N[C@H]1c2ccccc2C[C@@H]1Oc1ccc2c(c1)CN(C1CCC(=O)NC1=O)C2=O. The predicted octanol–water partition coefficient (Wildman–Crippen LogP) is 1.45. The second-order valence-corrected chi connectivity index (χ2v) is 7.80. The first kappa shape index (κ1) is 17.9. The molecule has 7 heteroatoms. The van der Waals surface area contributed by atoms with Gasteiger partial charge in [-0.15, -0.1) is 0 Å². The fourth-order valence-electron chi connectivity index (χ4n) is 4.50. The van der Waals surface area contributed by atoms with E-state index in [1.807, 2.05) is 24.3 Å². The summed E-state index contributed by atoms with van der Waals surface area (Å²) in [6, 6.07) is 12.6. The van der Waals surface area contributed by atoms with Crippen LogP contribution in [-0.4, -0.2) is 34.8 Å². The molecule has 1 unspecified atom stereocenters. The van der Waals surface area contributed by atoms with Gasteiger partial charge in [-0.2, -0.15) is 0 Å². The van der Waals surface area contributed by atoms with E-state index in [1.54, 1.807) is 12.1 Å². The Balaban J connectivity index is 1.33. The summed E-state index contributed by atoms with van der Waals surface area (Å²) in [7, 11) is 0. The zero-order valence-corrected chi connectivity index (χ0v) is 15.8. The van der Waals surface area contributed by atoms with Crippen LogP contribution in [0.1, 0.15) is 45.9 Å². The quantitative estimate of drug-likeness (QED) is 0.771. The summed E-state index contributed by atoms with van der Waals surface area (Å²) in [5, 5.41) is 2.32. The fraction of sp³-hybridized carbons (Fsp3) is 0.318. The number of fused-ring (bicyclic) bond motifs is 2. The number of piperidine rings is 1. The number of ether oxygens (including phenoxy) is 1. The van der Waals surface area contributed by atoms with Gasteiger partial charge in [0.15, 0.2) is 0 Å². The first-order valence-electron chi connectivity index (χ1n) is 9.79. The lowest BCUT2D eigenvalue weighted by molar-refractivity contribution is -0.136. The number of rotatable bonds is 3. The monoisotopic (exact) mass is 391 g/mol. The third kappa shape index (κ3) is 2.98. The first-order chi connectivity index (χ1) is 14.0. The number of nitrogens with zero attached hydrogens (tertiary/aromatic N) is 1. The Labute approximate surface area is 167 Å². The van der Waals surface area contributed by atoms with E-state index in [4.69, 9.17) is 10.5 Å². The smallest absolute Gasteiger partial charge is 0.255 e. The van der Waals surface area contributed by atoms with E-state index in [1.165, 1.54) is 10.5 Å². The first-order valence-corrected chi connectivity index (χ1v) is 9.79. The minimum absolute atomic E-state index is 0.159. The Hall–Kier alpha value is -3.19. The second-order valence-electron chi connectivity index (χ2n) is 7.80. The zero-order chi connectivity index (χ0) is 20.1. The van der Waals surface area contributed by atoms with Crippen LogP contribution >= 0.6 is 0 Å². The summed E-state index contributed by atoms with van der Waals surface area (Å²) in [5.74, 6) is -0.227. The van der Waals surface area contributed by atoms with Gasteiger partial charge >= 0.3 is 0 Å². The minimum atomic E-state index is -0.616. The molecule has 148 valence electrons. The highest BCUT2D eigenvalue weighted by Gasteiger charge is 2.39. The molecule has 0 radical (unpaired) electrons. The highest BCUT2D eigenvalue weighted by Crippen LogP contribution is 2.34. The lowest BCUT2D eigenvalue weighted by Gasteiger charge is -2.29. The van der Waals surface area contributed by atoms with Crippen molar-refractivity contribution in [3.8, 4) is 5.75 Å². The van der Waals surface area contributed by atoms with Crippen molar-refractivity contribution in [2.75, 3.05) is 0 Å². The van der Waals surface area contributed by atoms with E-state index in [2.05, 4.69) is 11.4 Å². The third-order valence-electron chi connectivity index (χ3n) is 6.02. The lowest BCUT2D eigenvalue weighted by Crippen LogP contribution is -2.52. The predicted molar refractivity (Wildman–Crippen MR) is 104 cm³/mol. The van der Waals surface area contributed by atoms with E-state index in [0.717, 1.165) is 17.5 Å². The van der Waals surface area contributed by atoms with E-state index < -0.39 is 11.9 Å². The Morgan fingerprint density at radius 1 is 1.07 bits per heavy atom. The molecule has 1 aliphatic carbocycles. The van der Waals surface area contributed by atoms with Gasteiger partial charge in [-0.3, -0.25) is 19.7 Å². The molecule has 0 saturated carbocycles. The van der Waals surface area contributed by atoms with Crippen molar-refractivity contribution in [3.05, 3.63) is 64.7 Å².